The number of anilines is 1. The maximum absolute atomic E-state index is 12.2. The predicted molar refractivity (Wildman–Crippen MR) is 67.3 cm³/mol. The summed E-state index contributed by atoms with van der Waals surface area (Å²) in [7, 11) is 1.80. The van der Waals surface area contributed by atoms with E-state index in [9.17, 15) is 9.59 Å². The molecule has 96 valence electrons. The minimum atomic E-state index is -0.130. The zero-order valence-corrected chi connectivity index (χ0v) is 10.3. The molecule has 18 heavy (non-hydrogen) atoms. The average molecular weight is 248 g/mol. The molecule has 1 fully saturated rings. The van der Waals surface area contributed by atoms with E-state index in [-0.39, 0.29) is 11.8 Å². The van der Waals surface area contributed by atoms with E-state index in [0.29, 0.717) is 31.7 Å². The standard InChI is InChI=1S/C12H16N4O2/c1-13-9-2-3-10(15-8-9)12(18)16-6-4-11(17)14-5-7-16/h2-3,8,13H,4-7H2,1H3,(H,14,17). The van der Waals surface area contributed by atoms with Gasteiger partial charge in [0.05, 0.1) is 11.9 Å². The molecular weight excluding hydrogens is 232 g/mol. The molecule has 0 saturated carbocycles. The van der Waals surface area contributed by atoms with Gasteiger partial charge in [0.25, 0.3) is 5.91 Å². The molecular formula is C12H16N4O2. The summed E-state index contributed by atoms with van der Waals surface area (Å²) in [5.41, 5.74) is 1.27. The first-order valence-corrected chi connectivity index (χ1v) is 5.90. The fraction of sp³-hybridized carbons (Fsp3) is 0.417. The monoisotopic (exact) mass is 248 g/mol. The molecule has 6 heteroatoms. The quantitative estimate of drug-likeness (QED) is 0.777. The van der Waals surface area contributed by atoms with Gasteiger partial charge < -0.3 is 15.5 Å². The van der Waals surface area contributed by atoms with Crippen LogP contribution in [0.1, 0.15) is 16.9 Å². The molecule has 0 aliphatic carbocycles. The molecule has 0 radical (unpaired) electrons. The van der Waals surface area contributed by atoms with E-state index in [1.165, 1.54) is 0 Å². The number of amides is 2. The summed E-state index contributed by atoms with van der Waals surface area (Å²) in [6, 6.07) is 3.50. The largest absolute Gasteiger partial charge is 0.387 e. The molecule has 0 spiro atoms. The van der Waals surface area contributed by atoms with Crippen molar-refractivity contribution in [3.8, 4) is 0 Å². The second kappa shape index (κ2) is 5.48. The third-order valence-electron chi connectivity index (χ3n) is 2.87. The normalized spacial score (nSPS) is 15.8. The Morgan fingerprint density at radius 1 is 1.44 bits per heavy atom. The Kier molecular flexibility index (Phi) is 3.76. The van der Waals surface area contributed by atoms with Gasteiger partial charge in [-0.05, 0) is 12.1 Å². The van der Waals surface area contributed by atoms with Crippen LogP contribution in [-0.2, 0) is 4.79 Å². The van der Waals surface area contributed by atoms with Crippen LogP contribution in [0.25, 0.3) is 0 Å². The number of pyridine rings is 1. The van der Waals surface area contributed by atoms with Crippen LogP contribution in [-0.4, -0.2) is 48.4 Å². The van der Waals surface area contributed by atoms with Crippen molar-refractivity contribution in [1.29, 1.82) is 0 Å². The van der Waals surface area contributed by atoms with E-state index in [2.05, 4.69) is 15.6 Å². The molecule has 2 heterocycles. The number of hydrogen-bond acceptors (Lipinski definition) is 4. The van der Waals surface area contributed by atoms with Crippen LogP contribution >= 0.6 is 0 Å². The lowest BCUT2D eigenvalue weighted by Gasteiger charge is -2.18. The molecule has 2 amide bonds. The lowest BCUT2D eigenvalue weighted by molar-refractivity contribution is -0.120. The summed E-state index contributed by atoms with van der Waals surface area (Å²) < 4.78 is 0. The van der Waals surface area contributed by atoms with E-state index in [4.69, 9.17) is 0 Å². The molecule has 0 atom stereocenters. The zero-order chi connectivity index (χ0) is 13.0. The molecule has 1 aromatic rings. The van der Waals surface area contributed by atoms with E-state index < -0.39 is 0 Å². The van der Waals surface area contributed by atoms with Crippen molar-refractivity contribution in [2.75, 3.05) is 32.0 Å². The molecule has 0 bridgehead atoms. The van der Waals surface area contributed by atoms with Crippen molar-refractivity contribution in [2.24, 2.45) is 0 Å². The smallest absolute Gasteiger partial charge is 0.272 e. The van der Waals surface area contributed by atoms with Crippen LogP contribution in [0.5, 0.6) is 0 Å². The van der Waals surface area contributed by atoms with Gasteiger partial charge in [0.15, 0.2) is 0 Å². The van der Waals surface area contributed by atoms with Gasteiger partial charge >= 0.3 is 0 Å². The highest BCUT2D eigenvalue weighted by atomic mass is 16.2. The SMILES string of the molecule is CNc1ccc(C(=O)N2CCNC(=O)CC2)nc1. The van der Waals surface area contributed by atoms with Crippen molar-refractivity contribution < 1.29 is 9.59 Å². The summed E-state index contributed by atoms with van der Waals surface area (Å²) >= 11 is 0. The Hall–Kier alpha value is -2.11. The Balaban J connectivity index is 2.07. The Morgan fingerprint density at radius 2 is 2.28 bits per heavy atom. The number of carbonyl (C=O) groups is 2. The second-order valence-corrected chi connectivity index (χ2v) is 4.07. The van der Waals surface area contributed by atoms with Gasteiger partial charge in [0.1, 0.15) is 5.69 Å². The maximum Gasteiger partial charge on any atom is 0.272 e. The van der Waals surface area contributed by atoms with E-state index in [0.717, 1.165) is 5.69 Å². The van der Waals surface area contributed by atoms with Gasteiger partial charge in [0.2, 0.25) is 5.91 Å². The maximum atomic E-state index is 12.2. The van der Waals surface area contributed by atoms with Gasteiger partial charge in [-0.2, -0.15) is 0 Å². The van der Waals surface area contributed by atoms with Gasteiger partial charge in [-0.15, -0.1) is 0 Å². The van der Waals surface area contributed by atoms with Crippen LogP contribution in [0, 0.1) is 0 Å². The summed E-state index contributed by atoms with van der Waals surface area (Å²) in [6.45, 7) is 1.47. The highest BCUT2D eigenvalue weighted by Gasteiger charge is 2.20. The van der Waals surface area contributed by atoms with Gasteiger partial charge in [-0.25, -0.2) is 4.98 Å². The minimum Gasteiger partial charge on any atom is -0.387 e. The van der Waals surface area contributed by atoms with Gasteiger partial charge in [-0.3, -0.25) is 9.59 Å². The van der Waals surface area contributed by atoms with Crippen molar-refractivity contribution in [2.45, 2.75) is 6.42 Å². The number of rotatable bonds is 2. The molecule has 1 aliphatic rings. The molecule has 1 aliphatic heterocycles. The van der Waals surface area contributed by atoms with Crippen molar-refractivity contribution in [3.05, 3.63) is 24.0 Å². The van der Waals surface area contributed by atoms with Crippen LogP contribution in [0.15, 0.2) is 18.3 Å². The van der Waals surface area contributed by atoms with Gasteiger partial charge in [0, 0.05) is 33.1 Å². The lowest BCUT2D eigenvalue weighted by Crippen LogP contribution is -2.34. The first kappa shape index (κ1) is 12.3. The lowest BCUT2D eigenvalue weighted by atomic mass is 10.3. The Bertz CT molecular complexity index is 444. The molecule has 0 unspecified atom stereocenters. The van der Waals surface area contributed by atoms with E-state index in [1.54, 1.807) is 24.2 Å². The second-order valence-electron chi connectivity index (χ2n) is 4.07. The van der Waals surface area contributed by atoms with Gasteiger partial charge in [-0.1, -0.05) is 0 Å². The topological polar surface area (TPSA) is 74.3 Å². The van der Waals surface area contributed by atoms with Crippen LogP contribution in [0.2, 0.25) is 0 Å². The zero-order valence-electron chi connectivity index (χ0n) is 10.3. The van der Waals surface area contributed by atoms with Crippen LogP contribution in [0.3, 0.4) is 0 Å². The van der Waals surface area contributed by atoms with Crippen molar-refractivity contribution in [1.82, 2.24) is 15.2 Å². The van der Waals surface area contributed by atoms with Crippen LogP contribution in [0.4, 0.5) is 5.69 Å². The van der Waals surface area contributed by atoms with E-state index >= 15 is 0 Å². The number of nitrogens with zero attached hydrogens (tertiary/aromatic N) is 2. The molecule has 1 saturated heterocycles. The number of hydrogen-bond donors (Lipinski definition) is 2. The minimum absolute atomic E-state index is 0.0104. The number of nitrogens with one attached hydrogen (secondary N) is 2. The molecule has 2 N–H and O–H groups in total. The fourth-order valence-corrected chi connectivity index (χ4v) is 1.80. The summed E-state index contributed by atoms with van der Waals surface area (Å²) in [5.74, 6) is -0.141. The summed E-state index contributed by atoms with van der Waals surface area (Å²) in [5, 5.41) is 5.68. The highest BCUT2D eigenvalue weighted by Crippen LogP contribution is 2.08. The predicted octanol–water partition coefficient (Wildman–Crippen LogP) is 0.0854. The summed E-state index contributed by atoms with van der Waals surface area (Å²) in [4.78, 5) is 29.1. The Morgan fingerprint density at radius 3 is 2.94 bits per heavy atom. The third kappa shape index (κ3) is 2.77. The fourth-order valence-electron chi connectivity index (χ4n) is 1.80. The van der Waals surface area contributed by atoms with Crippen molar-refractivity contribution in [3.63, 3.8) is 0 Å². The van der Waals surface area contributed by atoms with Crippen LogP contribution < -0.4 is 10.6 Å². The average Bonchev–Trinajstić information content (AvgIpc) is 2.63. The van der Waals surface area contributed by atoms with E-state index in [1.807, 2.05) is 6.07 Å². The first-order valence-electron chi connectivity index (χ1n) is 5.90. The highest BCUT2D eigenvalue weighted by molar-refractivity contribution is 5.93. The Labute approximate surface area is 105 Å². The third-order valence-corrected chi connectivity index (χ3v) is 2.87. The molecule has 1 aromatic heterocycles. The summed E-state index contributed by atoms with van der Waals surface area (Å²) in [6.07, 6.45) is 1.97. The first-order chi connectivity index (χ1) is 8.70. The van der Waals surface area contributed by atoms with Crippen molar-refractivity contribution >= 4 is 17.5 Å². The number of aromatic nitrogens is 1. The molecule has 6 nitrogen and oxygen atoms in total. The number of carbonyl (C=O) groups excluding carboxylic acids is 2. The molecule has 2 rings (SSSR count). The molecule has 0 aromatic carbocycles.